The second-order valence-corrected chi connectivity index (χ2v) is 12.2. The molecule has 9 nitrogen and oxygen atoms in total. The van der Waals surface area contributed by atoms with Gasteiger partial charge in [0.15, 0.2) is 0 Å². The molecule has 0 saturated heterocycles. The van der Waals surface area contributed by atoms with Gasteiger partial charge in [0.25, 0.3) is 0 Å². The maximum Gasteiger partial charge on any atom is 0.394 e. The first-order valence-corrected chi connectivity index (χ1v) is 16.4. The van der Waals surface area contributed by atoms with E-state index in [1.165, 1.54) is 18.2 Å². The van der Waals surface area contributed by atoms with E-state index in [0.29, 0.717) is 0 Å². The average Bonchev–Trinajstić information content (AvgIpc) is 3.73. The summed E-state index contributed by atoms with van der Waals surface area (Å²) in [7, 11) is 2.03. The number of hydrogen-bond acceptors (Lipinski definition) is 9. The maximum atomic E-state index is 12.7. The molecule has 56 heavy (non-hydrogen) atoms. The number of halogens is 6. The molecular formula is C40H28F6IrN7O2-5. The first-order chi connectivity index (χ1) is 26.2. The molecule has 3 aromatic carbocycles. The van der Waals surface area contributed by atoms with Crippen molar-refractivity contribution in [2.24, 2.45) is 0 Å². The Morgan fingerprint density at radius 2 is 1.25 bits per heavy atom. The van der Waals surface area contributed by atoms with Gasteiger partial charge in [0.05, 0.1) is 0 Å². The van der Waals surface area contributed by atoms with Gasteiger partial charge in [-0.25, -0.2) is 9.97 Å². The number of nitrogens with zero attached hydrogens (tertiary/aromatic N) is 6. The molecule has 16 heteroatoms. The molecule has 5 heterocycles. The number of nitrogens with one attached hydrogen (secondary N) is 1. The zero-order valence-corrected chi connectivity index (χ0v) is 31.9. The number of ether oxygens (including phenoxy) is 2. The summed E-state index contributed by atoms with van der Waals surface area (Å²) < 4.78 is 86.9. The number of aromatic nitrogens is 3. The standard InChI is InChI=1S/C21H19N6.C19H9F6NO2.Ir/c1-14-10-15(2)19(27-13-25(3)17-7-5-9-23-21(17)27)11-18(14)26-12-24-16-6-4-8-22-20(16)26;20-18(21,22)12-4-1-6-14(10-12)27-16-8-3-9-17(26-16)28-15-7-2-5-13(11-15)19(23,24)25;/h4-10,12-13,24H,1-3H3;1-5,8-11H;/q-3;-2;. The van der Waals surface area contributed by atoms with E-state index in [0.717, 1.165) is 81.9 Å². The van der Waals surface area contributed by atoms with E-state index in [1.54, 1.807) is 6.20 Å². The van der Waals surface area contributed by atoms with Crippen molar-refractivity contribution in [1.29, 1.82) is 0 Å². The number of benzene rings is 3. The van der Waals surface area contributed by atoms with E-state index in [1.807, 2.05) is 49.7 Å². The maximum absolute atomic E-state index is 12.7. The molecule has 3 aromatic heterocycles. The minimum Gasteiger partial charge on any atom is -0.513 e. The molecule has 6 aromatic rings. The number of hydrogen-bond donors (Lipinski definition) is 1. The van der Waals surface area contributed by atoms with Crippen molar-refractivity contribution in [2.75, 3.05) is 27.1 Å². The Bertz CT molecular complexity index is 2270. The Labute approximate surface area is 331 Å². The van der Waals surface area contributed by atoms with E-state index < -0.39 is 23.5 Å². The predicted octanol–water partition coefficient (Wildman–Crippen LogP) is 10.6. The number of aryl methyl sites for hydroxylation is 2. The zero-order valence-electron chi connectivity index (χ0n) is 29.5. The van der Waals surface area contributed by atoms with Crippen LogP contribution in [0.5, 0.6) is 23.3 Å². The van der Waals surface area contributed by atoms with Crippen molar-refractivity contribution in [2.45, 2.75) is 26.2 Å². The normalized spacial score (nSPS) is 13.2. The van der Waals surface area contributed by atoms with E-state index in [4.69, 9.17) is 9.47 Å². The van der Waals surface area contributed by atoms with Gasteiger partial charge in [-0.3, -0.25) is 0 Å². The Morgan fingerprint density at radius 3 is 1.84 bits per heavy atom. The smallest absolute Gasteiger partial charge is 0.394 e. The van der Waals surface area contributed by atoms with Gasteiger partial charge in [-0.15, -0.1) is 41.5 Å². The minimum atomic E-state index is -4.55. The van der Waals surface area contributed by atoms with Crippen LogP contribution in [0.1, 0.15) is 22.3 Å². The van der Waals surface area contributed by atoms with Crippen LogP contribution in [-0.4, -0.2) is 22.0 Å². The number of rotatable bonds is 6. The van der Waals surface area contributed by atoms with Crippen molar-refractivity contribution in [3.63, 3.8) is 0 Å². The predicted molar refractivity (Wildman–Crippen MR) is 193 cm³/mol. The van der Waals surface area contributed by atoms with Gasteiger partial charge >= 0.3 is 12.4 Å². The Kier molecular flexibility index (Phi) is 11.4. The molecule has 0 spiro atoms. The van der Waals surface area contributed by atoms with Crippen LogP contribution in [-0.2, 0) is 32.5 Å². The molecule has 2 aliphatic rings. The molecule has 0 amide bonds. The second-order valence-electron chi connectivity index (χ2n) is 12.2. The van der Waals surface area contributed by atoms with Gasteiger partial charge in [0.1, 0.15) is 11.6 Å². The van der Waals surface area contributed by atoms with Gasteiger partial charge in [0, 0.05) is 67.5 Å². The summed E-state index contributed by atoms with van der Waals surface area (Å²) in [6.07, 6.45) is -5.47. The fourth-order valence-electron chi connectivity index (χ4n) is 5.74. The molecule has 2 aliphatic heterocycles. The topological polar surface area (TPSA) is 78.9 Å². The number of alkyl halides is 6. The first kappa shape index (κ1) is 39.8. The average molecular weight is 945 g/mol. The van der Waals surface area contributed by atoms with E-state index >= 15 is 0 Å². The largest absolute Gasteiger partial charge is 0.513 e. The van der Waals surface area contributed by atoms with Crippen molar-refractivity contribution < 1.29 is 55.9 Å². The van der Waals surface area contributed by atoms with Crippen LogP contribution in [0, 0.1) is 45.4 Å². The molecule has 0 unspecified atom stereocenters. The minimum absolute atomic E-state index is 0. The van der Waals surface area contributed by atoms with E-state index in [9.17, 15) is 26.3 Å². The molecule has 0 aliphatic carbocycles. The van der Waals surface area contributed by atoms with Gasteiger partial charge in [0.2, 0.25) is 11.8 Å². The molecule has 0 bridgehead atoms. The van der Waals surface area contributed by atoms with Crippen molar-refractivity contribution in [3.05, 3.63) is 151 Å². The molecule has 1 N–H and O–H groups in total. The van der Waals surface area contributed by atoms with Gasteiger partial charge in [-0.05, 0) is 31.3 Å². The summed E-state index contributed by atoms with van der Waals surface area (Å²) in [5, 5.41) is 3.28. The SMILES string of the molecule is Cc1cc(C)c(N2[CH-]N(C)c3cccnc32)[c-]c1N1[CH-]Nc2cccnc21.FC(F)(F)c1cc[c-]c(Oc2cccc(Oc3[c-]ccc(C(F)(F)F)c3)n2)c1.[Ir]. The van der Waals surface area contributed by atoms with Crippen molar-refractivity contribution >= 4 is 34.4 Å². The Hall–Kier alpha value is -5.86. The molecular weight excluding hydrogens is 917 g/mol. The van der Waals surface area contributed by atoms with E-state index in [-0.39, 0.29) is 43.4 Å². The summed E-state index contributed by atoms with van der Waals surface area (Å²) in [6, 6.07) is 28.1. The molecule has 0 fully saturated rings. The third kappa shape index (κ3) is 8.66. The second kappa shape index (κ2) is 16.1. The molecule has 1 radical (unpaired) electrons. The van der Waals surface area contributed by atoms with Gasteiger partial charge in [-0.2, -0.15) is 75.0 Å². The quantitative estimate of drug-likeness (QED) is 0.130. The van der Waals surface area contributed by atoms with Crippen LogP contribution in [0.25, 0.3) is 0 Å². The Balaban J connectivity index is 0.000000187. The van der Waals surface area contributed by atoms with Gasteiger partial charge < -0.3 is 29.5 Å². The molecule has 8 rings (SSSR count). The number of anilines is 6. The molecule has 0 saturated carbocycles. The summed E-state index contributed by atoms with van der Waals surface area (Å²) in [4.78, 5) is 19.2. The summed E-state index contributed by atoms with van der Waals surface area (Å²) in [5.74, 6) is 1.08. The van der Waals surface area contributed by atoms with E-state index in [2.05, 4.69) is 74.2 Å². The van der Waals surface area contributed by atoms with Crippen LogP contribution in [0.2, 0.25) is 0 Å². The van der Waals surface area contributed by atoms with Crippen LogP contribution in [0.3, 0.4) is 0 Å². The van der Waals surface area contributed by atoms with Crippen LogP contribution < -0.4 is 29.5 Å². The zero-order chi connectivity index (χ0) is 38.9. The van der Waals surface area contributed by atoms with Crippen LogP contribution in [0.4, 0.5) is 60.7 Å². The molecule has 0 atom stereocenters. The number of pyridine rings is 3. The van der Waals surface area contributed by atoms with Crippen LogP contribution >= 0.6 is 0 Å². The van der Waals surface area contributed by atoms with Crippen molar-refractivity contribution in [3.8, 4) is 23.3 Å². The summed E-state index contributed by atoms with van der Waals surface area (Å²) in [5.41, 5.74) is 4.47. The molecule has 291 valence electrons. The fraction of sp³-hybridized carbons (Fsp3) is 0.125. The number of fused-ring (bicyclic) bond motifs is 2. The summed E-state index contributed by atoms with van der Waals surface area (Å²) in [6.45, 7) is 8.19. The fourth-order valence-corrected chi connectivity index (χ4v) is 5.74. The first-order valence-electron chi connectivity index (χ1n) is 16.4. The van der Waals surface area contributed by atoms with Gasteiger partial charge in [-0.1, -0.05) is 42.4 Å². The summed E-state index contributed by atoms with van der Waals surface area (Å²) >= 11 is 0. The Morgan fingerprint density at radius 1 is 0.696 bits per heavy atom. The third-order valence-corrected chi connectivity index (χ3v) is 8.26. The van der Waals surface area contributed by atoms with Crippen molar-refractivity contribution in [1.82, 2.24) is 15.0 Å². The van der Waals surface area contributed by atoms with Crippen LogP contribution in [0.15, 0.2) is 97.3 Å². The third-order valence-electron chi connectivity index (χ3n) is 8.26. The monoisotopic (exact) mass is 945 g/mol.